The predicted molar refractivity (Wildman–Crippen MR) is 70.6 cm³/mol. The molecule has 0 aromatic carbocycles. The zero-order valence-corrected chi connectivity index (χ0v) is 12.1. The number of hydrogen-bond donors (Lipinski definition) is 0. The first-order chi connectivity index (χ1) is 8.87. The van der Waals surface area contributed by atoms with Gasteiger partial charge >= 0.3 is 5.97 Å². The molecular formula is C15H24O4. The number of Topliss-reactive ketones (excluding diaryl/α,β-unsaturated/α-hetero) is 1. The van der Waals surface area contributed by atoms with Gasteiger partial charge in [-0.25, -0.2) is 0 Å². The van der Waals surface area contributed by atoms with Gasteiger partial charge in [-0.15, -0.1) is 0 Å². The molecule has 0 aliphatic heterocycles. The molecule has 0 amide bonds. The molecule has 0 spiro atoms. The van der Waals surface area contributed by atoms with E-state index in [-0.39, 0.29) is 29.3 Å². The first-order valence-electron chi connectivity index (χ1n) is 7.21. The Hall–Kier alpha value is -0.900. The van der Waals surface area contributed by atoms with E-state index in [4.69, 9.17) is 9.47 Å². The van der Waals surface area contributed by atoms with E-state index in [1.165, 1.54) is 0 Å². The number of carbonyl (C=O) groups is 2. The van der Waals surface area contributed by atoms with Crippen LogP contribution in [0.15, 0.2) is 0 Å². The van der Waals surface area contributed by atoms with Crippen molar-refractivity contribution in [1.29, 1.82) is 0 Å². The highest BCUT2D eigenvalue weighted by atomic mass is 16.6. The lowest BCUT2D eigenvalue weighted by Gasteiger charge is -2.25. The Labute approximate surface area is 114 Å². The van der Waals surface area contributed by atoms with Crippen LogP contribution in [0.5, 0.6) is 0 Å². The Balaban J connectivity index is 1.71. The van der Waals surface area contributed by atoms with Crippen LogP contribution in [0.1, 0.15) is 46.5 Å². The fourth-order valence-electron chi connectivity index (χ4n) is 3.07. The largest absolute Gasteiger partial charge is 0.463 e. The molecule has 0 saturated heterocycles. The number of carbonyl (C=O) groups excluding carboxylic acids is 2. The van der Waals surface area contributed by atoms with Gasteiger partial charge in [-0.05, 0) is 46.5 Å². The van der Waals surface area contributed by atoms with Gasteiger partial charge in [0.1, 0.15) is 12.4 Å². The molecule has 0 radical (unpaired) electrons. The van der Waals surface area contributed by atoms with Crippen LogP contribution in [0.3, 0.4) is 0 Å². The Morgan fingerprint density at radius 3 is 2.26 bits per heavy atom. The summed E-state index contributed by atoms with van der Waals surface area (Å²) in [5.41, 5.74) is -0.206. The lowest BCUT2D eigenvalue weighted by molar-refractivity contribution is -0.154. The van der Waals surface area contributed by atoms with Crippen molar-refractivity contribution in [3.63, 3.8) is 0 Å². The number of hydrogen-bond acceptors (Lipinski definition) is 4. The zero-order valence-electron chi connectivity index (χ0n) is 12.1. The summed E-state index contributed by atoms with van der Waals surface area (Å²) in [4.78, 5) is 23.7. The van der Waals surface area contributed by atoms with Crippen molar-refractivity contribution in [2.75, 3.05) is 13.2 Å². The Kier molecular flexibility index (Phi) is 4.29. The molecule has 108 valence electrons. The second-order valence-corrected chi connectivity index (χ2v) is 6.67. The fraction of sp³-hybridized carbons (Fsp3) is 0.867. The van der Waals surface area contributed by atoms with E-state index in [0.717, 1.165) is 12.8 Å². The molecule has 2 fully saturated rings. The summed E-state index contributed by atoms with van der Waals surface area (Å²) in [6.07, 6.45) is 3.30. The van der Waals surface area contributed by atoms with Gasteiger partial charge in [-0.1, -0.05) is 0 Å². The fourth-order valence-corrected chi connectivity index (χ4v) is 3.07. The number of ketones is 1. The first-order valence-corrected chi connectivity index (χ1v) is 7.21. The van der Waals surface area contributed by atoms with Crippen molar-refractivity contribution in [2.24, 2.45) is 17.8 Å². The van der Waals surface area contributed by atoms with Crippen LogP contribution in [0.2, 0.25) is 0 Å². The summed E-state index contributed by atoms with van der Waals surface area (Å²) >= 11 is 0. The van der Waals surface area contributed by atoms with Crippen LogP contribution in [0, 0.1) is 17.8 Å². The lowest BCUT2D eigenvalue weighted by Crippen LogP contribution is -2.32. The molecule has 0 N–H and O–H groups in total. The molecule has 2 bridgehead atoms. The van der Waals surface area contributed by atoms with E-state index in [1.54, 1.807) is 0 Å². The van der Waals surface area contributed by atoms with Gasteiger partial charge in [-0.3, -0.25) is 9.59 Å². The van der Waals surface area contributed by atoms with Crippen LogP contribution in [-0.4, -0.2) is 30.6 Å². The third-order valence-electron chi connectivity index (χ3n) is 4.00. The van der Waals surface area contributed by atoms with Crippen LogP contribution in [0.25, 0.3) is 0 Å². The first kappa shape index (κ1) is 14.5. The number of esters is 1. The van der Waals surface area contributed by atoms with Gasteiger partial charge in [0.15, 0.2) is 0 Å². The summed E-state index contributed by atoms with van der Waals surface area (Å²) < 4.78 is 10.8. The molecular weight excluding hydrogens is 244 g/mol. The maximum absolute atomic E-state index is 12.0. The summed E-state index contributed by atoms with van der Waals surface area (Å²) in [6, 6.07) is 0. The molecule has 2 rings (SSSR count). The molecule has 19 heavy (non-hydrogen) atoms. The lowest BCUT2D eigenvalue weighted by atomic mass is 9.80. The molecule has 0 aromatic rings. The van der Waals surface area contributed by atoms with Crippen molar-refractivity contribution in [2.45, 2.75) is 52.1 Å². The molecule has 2 aliphatic carbocycles. The maximum atomic E-state index is 12.0. The van der Waals surface area contributed by atoms with Gasteiger partial charge in [0.25, 0.3) is 0 Å². The number of rotatable bonds is 4. The molecule has 0 aromatic heterocycles. The Morgan fingerprint density at radius 1 is 1.16 bits per heavy atom. The molecule has 4 heteroatoms. The molecule has 4 nitrogen and oxygen atoms in total. The number of fused-ring (bicyclic) bond motifs is 2. The monoisotopic (exact) mass is 268 g/mol. The van der Waals surface area contributed by atoms with Gasteiger partial charge in [0, 0.05) is 11.8 Å². The SMILES string of the molecule is CC(C)(C)OCCOC(=O)C1CC2CCC(C1)C2=O. The summed E-state index contributed by atoms with van der Waals surface area (Å²) in [5, 5.41) is 0. The Morgan fingerprint density at radius 2 is 1.74 bits per heavy atom. The normalized spacial score (nSPS) is 30.5. The van der Waals surface area contributed by atoms with E-state index in [2.05, 4.69) is 0 Å². The summed E-state index contributed by atoms with van der Waals surface area (Å²) in [5.74, 6) is 0.371. The zero-order chi connectivity index (χ0) is 14.0. The highest BCUT2D eigenvalue weighted by molar-refractivity contribution is 5.88. The molecule has 2 saturated carbocycles. The van der Waals surface area contributed by atoms with Crippen LogP contribution in [0.4, 0.5) is 0 Å². The summed E-state index contributed by atoms with van der Waals surface area (Å²) in [6.45, 7) is 6.64. The third-order valence-corrected chi connectivity index (χ3v) is 4.00. The van der Waals surface area contributed by atoms with Crippen molar-refractivity contribution < 1.29 is 19.1 Å². The van der Waals surface area contributed by atoms with E-state index in [1.807, 2.05) is 20.8 Å². The minimum absolute atomic E-state index is 0.0789. The number of ether oxygens (including phenoxy) is 2. The molecule has 2 atom stereocenters. The van der Waals surface area contributed by atoms with Crippen molar-refractivity contribution >= 4 is 11.8 Å². The van der Waals surface area contributed by atoms with E-state index in [9.17, 15) is 9.59 Å². The van der Waals surface area contributed by atoms with Crippen molar-refractivity contribution in [3.8, 4) is 0 Å². The third kappa shape index (κ3) is 3.78. The van der Waals surface area contributed by atoms with Gasteiger partial charge in [-0.2, -0.15) is 0 Å². The smallest absolute Gasteiger partial charge is 0.309 e. The highest BCUT2D eigenvalue weighted by Gasteiger charge is 2.44. The van der Waals surface area contributed by atoms with Crippen molar-refractivity contribution in [1.82, 2.24) is 0 Å². The average molecular weight is 268 g/mol. The van der Waals surface area contributed by atoms with Gasteiger partial charge < -0.3 is 9.47 Å². The highest BCUT2D eigenvalue weighted by Crippen LogP contribution is 2.42. The summed E-state index contributed by atoms with van der Waals surface area (Å²) in [7, 11) is 0. The molecule has 2 aliphatic rings. The average Bonchev–Trinajstić information content (AvgIpc) is 2.55. The van der Waals surface area contributed by atoms with Crippen LogP contribution in [-0.2, 0) is 19.1 Å². The van der Waals surface area contributed by atoms with E-state index >= 15 is 0 Å². The van der Waals surface area contributed by atoms with Gasteiger partial charge in [0.05, 0.1) is 18.1 Å². The minimum Gasteiger partial charge on any atom is -0.463 e. The minimum atomic E-state index is -0.206. The van der Waals surface area contributed by atoms with Crippen LogP contribution < -0.4 is 0 Å². The standard InChI is InChI=1S/C15H24O4/c1-15(2,3)19-7-6-18-14(17)12-8-10-4-5-11(9-12)13(10)16/h10-12H,4-9H2,1-3H3. The maximum Gasteiger partial charge on any atom is 0.309 e. The van der Waals surface area contributed by atoms with Crippen LogP contribution >= 0.6 is 0 Å². The second-order valence-electron chi connectivity index (χ2n) is 6.67. The van der Waals surface area contributed by atoms with Crippen molar-refractivity contribution in [3.05, 3.63) is 0 Å². The topological polar surface area (TPSA) is 52.6 Å². The van der Waals surface area contributed by atoms with E-state index < -0.39 is 0 Å². The second kappa shape index (κ2) is 5.61. The molecule has 2 unspecified atom stereocenters. The van der Waals surface area contributed by atoms with E-state index in [0.29, 0.717) is 31.8 Å². The quantitative estimate of drug-likeness (QED) is 0.580. The molecule has 0 heterocycles. The predicted octanol–water partition coefficient (Wildman–Crippen LogP) is 2.35. The Bertz CT molecular complexity index is 340. The van der Waals surface area contributed by atoms with Gasteiger partial charge in [0.2, 0.25) is 0 Å².